The SMILES string of the molecule is CCn1cc(C[N+]2(CC3=C(C(=O)O)N4C(=O)C(NC(=O)C(=NOC(C)(C)C(=O)O)c5csc(N)n5)C4SC3)CCCC2)c(=O)c2c(Cl)c(O)c(O)cc21. The van der Waals surface area contributed by atoms with Crippen LogP contribution in [0.2, 0.25) is 5.02 Å². The summed E-state index contributed by atoms with van der Waals surface area (Å²) < 4.78 is 2.10. The van der Waals surface area contributed by atoms with E-state index in [1.807, 2.05) is 6.92 Å². The number of oxime groups is 1. The lowest BCUT2D eigenvalue weighted by atomic mass is 10.0. The van der Waals surface area contributed by atoms with Crippen molar-refractivity contribution < 1.29 is 48.9 Å². The summed E-state index contributed by atoms with van der Waals surface area (Å²) in [7, 11) is 0. The Hall–Kier alpha value is -4.85. The second-order valence-electron chi connectivity index (χ2n) is 13.6. The number of thiazole rings is 1. The molecule has 2 atom stereocenters. The minimum atomic E-state index is -1.80. The molecule has 6 rings (SSSR count). The lowest BCUT2D eigenvalue weighted by Gasteiger charge is -2.50. The average molecular weight is 791 g/mol. The summed E-state index contributed by atoms with van der Waals surface area (Å²) in [4.78, 5) is 75.7. The minimum absolute atomic E-state index is 0.00604. The van der Waals surface area contributed by atoms with Crippen LogP contribution in [0.4, 0.5) is 5.13 Å². The molecule has 2 amide bonds. The van der Waals surface area contributed by atoms with E-state index in [1.165, 1.54) is 37.1 Å². The summed E-state index contributed by atoms with van der Waals surface area (Å²) >= 11 is 8.66. The third-order valence-electron chi connectivity index (χ3n) is 9.62. The molecule has 2 unspecified atom stereocenters. The quantitative estimate of drug-likeness (QED) is 0.0508. The van der Waals surface area contributed by atoms with E-state index in [1.54, 1.807) is 10.8 Å². The second kappa shape index (κ2) is 14.2. The number of anilines is 1. The molecule has 17 nitrogen and oxygen atoms in total. The maximum Gasteiger partial charge on any atom is 0.352 e. The van der Waals surface area contributed by atoms with E-state index in [-0.39, 0.29) is 45.8 Å². The van der Waals surface area contributed by atoms with Gasteiger partial charge in [0, 0.05) is 48.4 Å². The van der Waals surface area contributed by atoms with Gasteiger partial charge in [-0.15, -0.1) is 23.1 Å². The fraction of sp³-hybridized carbons (Fsp3) is 0.424. The fourth-order valence-electron chi connectivity index (χ4n) is 6.87. The molecule has 2 saturated heterocycles. The number of pyridine rings is 1. The number of phenols is 2. The van der Waals surface area contributed by atoms with Crippen molar-refractivity contribution in [2.24, 2.45) is 5.16 Å². The van der Waals surface area contributed by atoms with Gasteiger partial charge in [0.2, 0.25) is 5.60 Å². The molecule has 0 aliphatic carbocycles. The van der Waals surface area contributed by atoms with Crippen LogP contribution in [0.25, 0.3) is 10.9 Å². The highest BCUT2D eigenvalue weighted by molar-refractivity contribution is 8.00. The normalized spacial score (nSPS) is 20.0. The number of hydrogen-bond donors (Lipinski definition) is 6. The Morgan fingerprint density at radius 3 is 2.49 bits per heavy atom. The van der Waals surface area contributed by atoms with Crippen LogP contribution in [-0.2, 0) is 37.1 Å². The molecule has 282 valence electrons. The summed E-state index contributed by atoms with van der Waals surface area (Å²) in [6, 6.07) is 0.152. The number of aliphatic carboxylic acids is 2. The van der Waals surface area contributed by atoms with Gasteiger partial charge in [-0.1, -0.05) is 16.8 Å². The number of nitrogens with one attached hydrogen (secondary N) is 1. The van der Waals surface area contributed by atoms with E-state index < -0.39 is 63.4 Å². The molecule has 0 radical (unpaired) electrons. The first-order valence-electron chi connectivity index (χ1n) is 16.5. The number of β-lactam (4-membered cyclic amide) rings is 1. The highest BCUT2D eigenvalue weighted by atomic mass is 35.5. The smallest absolute Gasteiger partial charge is 0.352 e. The minimum Gasteiger partial charge on any atom is -0.504 e. The number of nitrogens with two attached hydrogens (primary N) is 1. The summed E-state index contributed by atoms with van der Waals surface area (Å²) in [5.41, 5.74) is 4.20. The summed E-state index contributed by atoms with van der Waals surface area (Å²) in [6.45, 7) is 6.51. The molecule has 2 aromatic heterocycles. The summed E-state index contributed by atoms with van der Waals surface area (Å²) in [6.07, 6.45) is 3.36. The lowest BCUT2D eigenvalue weighted by molar-refractivity contribution is -0.925. The molecule has 2 fully saturated rings. The number of carbonyl (C=O) groups is 4. The van der Waals surface area contributed by atoms with Crippen molar-refractivity contribution in [1.82, 2.24) is 19.8 Å². The van der Waals surface area contributed by atoms with Crippen LogP contribution in [0, 0.1) is 0 Å². The van der Waals surface area contributed by atoms with Gasteiger partial charge in [-0.3, -0.25) is 19.3 Å². The number of likely N-dealkylation sites (tertiary alicyclic amines) is 1. The number of aryl methyl sites for hydroxylation is 1. The largest absolute Gasteiger partial charge is 0.504 e. The number of carboxylic acid groups (broad SMARTS) is 2. The predicted octanol–water partition coefficient (Wildman–Crippen LogP) is 2.26. The van der Waals surface area contributed by atoms with Crippen molar-refractivity contribution in [1.29, 1.82) is 0 Å². The first-order chi connectivity index (χ1) is 25.0. The van der Waals surface area contributed by atoms with Crippen molar-refractivity contribution in [3.63, 3.8) is 0 Å². The number of hydrogen-bond acceptors (Lipinski definition) is 13. The van der Waals surface area contributed by atoms with Gasteiger partial charge < -0.3 is 45.4 Å². The Bertz CT molecular complexity index is 2180. The molecule has 53 heavy (non-hydrogen) atoms. The maximum absolute atomic E-state index is 13.9. The summed E-state index contributed by atoms with van der Waals surface area (Å²) in [5.74, 6) is -5.04. The number of fused-ring (bicyclic) bond motifs is 2. The van der Waals surface area contributed by atoms with Gasteiger partial charge in [0.15, 0.2) is 27.8 Å². The molecule has 3 aromatic rings. The molecule has 0 saturated carbocycles. The van der Waals surface area contributed by atoms with E-state index in [2.05, 4.69) is 15.5 Å². The van der Waals surface area contributed by atoms with Crippen molar-refractivity contribution in [2.45, 2.75) is 63.7 Å². The molecule has 0 bridgehead atoms. The van der Waals surface area contributed by atoms with Gasteiger partial charge in [-0.2, -0.15) is 0 Å². The number of carboxylic acids is 2. The molecular formula is C33H37ClN7O10S2+. The first-order valence-corrected chi connectivity index (χ1v) is 18.8. The third kappa shape index (κ3) is 6.89. The number of amides is 2. The number of carbonyl (C=O) groups excluding carboxylic acids is 2. The summed E-state index contributed by atoms with van der Waals surface area (Å²) in [5, 5.41) is 47.3. The van der Waals surface area contributed by atoms with Crippen molar-refractivity contribution >= 4 is 80.2 Å². The number of quaternary nitrogens is 1. The molecule has 0 spiro atoms. The van der Waals surface area contributed by atoms with Crippen LogP contribution in [0.3, 0.4) is 0 Å². The van der Waals surface area contributed by atoms with E-state index >= 15 is 0 Å². The Kier molecular flexibility index (Phi) is 10.1. The van der Waals surface area contributed by atoms with Gasteiger partial charge >= 0.3 is 11.9 Å². The number of halogens is 1. The molecule has 7 N–H and O–H groups in total. The Balaban J connectivity index is 1.27. The van der Waals surface area contributed by atoms with Gasteiger partial charge in [-0.05, 0) is 20.8 Å². The van der Waals surface area contributed by atoms with Crippen LogP contribution in [0.1, 0.15) is 44.9 Å². The topological polar surface area (TPSA) is 247 Å². The Morgan fingerprint density at radius 2 is 1.89 bits per heavy atom. The monoisotopic (exact) mass is 790 g/mol. The molecule has 3 aliphatic heterocycles. The van der Waals surface area contributed by atoms with E-state index in [4.69, 9.17) is 22.2 Å². The third-order valence-corrected chi connectivity index (χ3v) is 12.0. The number of nitrogen functional groups attached to an aromatic ring is 1. The Labute approximate surface area is 314 Å². The molecule has 5 heterocycles. The van der Waals surface area contributed by atoms with E-state index in [9.17, 15) is 44.4 Å². The zero-order chi connectivity index (χ0) is 38.6. The molecule has 3 aliphatic rings. The maximum atomic E-state index is 13.9. The standard InChI is InChI=1S/C33H36ClN7O10S2/c1-4-39-10-15(25(43)20-18(39)9-19(42)26(44)21(20)34)11-41(7-5-6-8-41)12-16-13-52-29-23(28(46)40(29)24(16)30(47)48)37-27(45)22(17-14-53-32(35)36-17)38-51-33(2,3)31(49)50/h9-10,14,23,29H,4-8,11-13H2,1-3H3,(H6-,35,36,37,38,42,43,44,45,47,48,49,50)/p+1. The van der Waals surface area contributed by atoms with Crippen molar-refractivity contribution in [3.8, 4) is 11.5 Å². The molecular weight excluding hydrogens is 754 g/mol. The zero-order valence-electron chi connectivity index (χ0n) is 28.8. The fourth-order valence-corrected chi connectivity index (χ4v) is 9.03. The highest BCUT2D eigenvalue weighted by Gasteiger charge is 2.55. The predicted molar refractivity (Wildman–Crippen MR) is 196 cm³/mol. The number of thioether (sulfide) groups is 1. The van der Waals surface area contributed by atoms with E-state index in [0.29, 0.717) is 40.8 Å². The number of phenolic OH excluding ortho intramolecular Hbond substituents is 2. The number of aromatic nitrogens is 2. The van der Waals surface area contributed by atoms with Crippen LogP contribution in [0.15, 0.2) is 38.9 Å². The Morgan fingerprint density at radius 1 is 1.19 bits per heavy atom. The van der Waals surface area contributed by atoms with Crippen LogP contribution >= 0.6 is 34.7 Å². The zero-order valence-corrected chi connectivity index (χ0v) is 31.2. The van der Waals surface area contributed by atoms with Crippen molar-refractivity contribution in [2.75, 3.05) is 31.1 Å². The second-order valence-corrected chi connectivity index (χ2v) is 15.9. The number of rotatable bonds is 12. The van der Waals surface area contributed by atoms with E-state index in [0.717, 1.165) is 29.1 Å². The van der Waals surface area contributed by atoms with Gasteiger partial charge in [0.25, 0.3) is 11.8 Å². The van der Waals surface area contributed by atoms with Crippen LogP contribution in [0.5, 0.6) is 11.5 Å². The highest BCUT2D eigenvalue weighted by Crippen LogP contribution is 2.42. The first kappa shape index (κ1) is 37.9. The van der Waals surface area contributed by atoms with Gasteiger partial charge in [-0.25, -0.2) is 14.6 Å². The number of benzene rings is 1. The van der Waals surface area contributed by atoms with Crippen LogP contribution < -0.4 is 16.5 Å². The van der Waals surface area contributed by atoms with Gasteiger partial charge in [0.1, 0.15) is 35.9 Å². The molecule has 1 aromatic carbocycles. The average Bonchev–Trinajstić information content (AvgIpc) is 3.75. The molecule has 20 heteroatoms. The lowest BCUT2D eigenvalue weighted by Crippen LogP contribution is -2.71. The number of nitrogens with zero attached hydrogens (tertiary/aromatic N) is 5. The van der Waals surface area contributed by atoms with Gasteiger partial charge in [0.05, 0.1) is 34.6 Å². The van der Waals surface area contributed by atoms with Crippen molar-refractivity contribution in [3.05, 3.63) is 55.4 Å². The van der Waals surface area contributed by atoms with Crippen LogP contribution in [-0.4, -0.2) is 111 Å². The number of aromatic hydroxyl groups is 2.